The molecule has 11 rings (SSSR count). The highest BCUT2D eigenvalue weighted by Crippen LogP contribution is 2.52. The molecule has 0 saturated carbocycles. The second-order valence-electron chi connectivity index (χ2n) is 14.5. The van der Waals surface area contributed by atoms with Crippen LogP contribution in [-0.2, 0) is 5.41 Å². The van der Waals surface area contributed by atoms with Crippen LogP contribution >= 0.6 is 0 Å². The van der Waals surface area contributed by atoms with Crippen molar-refractivity contribution in [3.05, 3.63) is 181 Å². The molecule has 246 valence electrons. The van der Waals surface area contributed by atoms with E-state index in [2.05, 4.69) is 193 Å². The monoisotopic (exact) mass is 666 g/mol. The number of furan rings is 1. The number of rotatable bonds is 4. The van der Waals surface area contributed by atoms with E-state index < -0.39 is 0 Å². The second kappa shape index (κ2) is 10.7. The zero-order valence-electron chi connectivity index (χ0n) is 29.0. The largest absolute Gasteiger partial charge is 0.453 e. The molecular weight excluding hydrogens is 633 g/mol. The maximum Gasteiger partial charge on any atom is 0.159 e. The lowest BCUT2D eigenvalue weighted by molar-refractivity contribution is 0.660. The summed E-state index contributed by atoms with van der Waals surface area (Å²) in [5.41, 5.74) is 13.7. The molecule has 1 aliphatic rings. The molecule has 0 saturated heterocycles. The highest BCUT2D eigenvalue weighted by atomic mass is 16.3. The van der Waals surface area contributed by atoms with Crippen LogP contribution in [-0.4, -0.2) is 4.57 Å². The molecule has 0 radical (unpaired) electrons. The molecule has 0 bridgehead atoms. The first-order valence-corrected chi connectivity index (χ1v) is 18.0. The fourth-order valence-electron chi connectivity index (χ4n) is 8.97. The summed E-state index contributed by atoms with van der Waals surface area (Å²) < 4.78 is 9.42. The predicted octanol–water partition coefficient (Wildman–Crippen LogP) is 13.6. The molecule has 0 atom stereocenters. The number of nitrogens with zero attached hydrogens (tertiary/aromatic N) is 2. The fourth-order valence-corrected chi connectivity index (χ4v) is 8.97. The Balaban J connectivity index is 1.25. The summed E-state index contributed by atoms with van der Waals surface area (Å²) in [6, 6.07) is 61.6. The van der Waals surface area contributed by atoms with Crippen LogP contribution in [0.5, 0.6) is 0 Å². The van der Waals surface area contributed by atoms with Crippen molar-refractivity contribution in [3.63, 3.8) is 0 Å². The third kappa shape index (κ3) is 3.96. The fraction of sp³-hybridized carbons (Fsp3) is 0.0612. The lowest BCUT2D eigenvalue weighted by atomic mass is 9.82. The van der Waals surface area contributed by atoms with Crippen LogP contribution in [0.25, 0.3) is 71.3 Å². The average molecular weight is 667 g/mol. The maximum atomic E-state index is 7.03. The van der Waals surface area contributed by atoms with E-state index in [9.17, 15) is 0 Å². The minimum atomic E-state index is -0.146. The van der Waals surface area contributed by atoms with Crippen LogP contribution in [0.4, 0.5) is 17.1 Å². The highest BCUT2D eigenvalue weighted by molar-refractivity contribution is 6.20. The van der Waals surface area contributed by atoms with Gasteiger partial charge in [-0.3, -0.25) is 0 Å². The molecule has 3 heteroatoms. The van der Waals surface area contributed by atoms with Crippen molar-refractivity contribution in [2.45, 2.75) is 19.3 Å². The van der Waals surface area contributed by atoms with E-state index in [4.69, 9.17) is 4.42 Å². The van der Waals surface area contributed by atoms with E-state index in [1.165, 1.54) is 43.9 Å². The first-order valence-electron chi connectivity index (χ1n) is 18.0. The molecular formula is C49H34N2O. The molecule has 0 N–H and O–H groups in total. The van der Waals surface area contributed by atoms with Crippen molar-refractivity contribution in [1.82, 2.24) is 4.57 Å². The molecule has 0 aliphatic heterocycles. The predicted molar refractivity (Wildman–Crippen MR) is 218 cm³/mol. The minimum Gasteiger partial charge on any atom is -0.453 e. The Morgan fingerprint density at radius 3 is 2.06 bits per heavy atom. The first kappa shape index (κ1) is 29.2. The normalized spacial score (nSPS) is 13.3. The lowest BCUT2D eigenvalue weighted by Crippen LogP contribution is -2.16. The summed E-state index contributed by atoms with van der Waals surface area (Å²) in [4.78, 5) is 2.44. The van der Waals surface area contributed by atoms with Gasteiger partial charge in [-0.25, -0.2) is 0 Å². The Morgan fingerprint density at radius 2 is 1.15 bits per heavy atom. The van der Waals surface area contributed by atoms with Crippen molar-refractivity contribution >= 4 is 71.6 Å². The zero-order chi connectivity index (χ0) is 34.6. The van der Waals surface area contributed by atoms with Crippen molar-refractivity contribution in [2.75, 3.05) is 4.90 Å². The number of hydrogen-bond donors (Lipinski definition) is 0. The van der Waals surface area contributed by atoms with Crippen molar-refractivity contribution in [1.29, 1.82) is 0 Å². The van der Waals surface area contributed by atoms with Gasteiger partial charge in [0.15, 0.2) is 5.58 Å². The average Bonchev–Trinajstić information content (AvgIpc) is 3.82. The standard InChI is InChI=1S/C49H34N2O/c1-49(2)40-21-10-8-18-35(40)36-29-27-33(30-41(36)49)51(45-25-12-20-37-38-28-26-31-14-6-7-17-34(31)47(38)52-48(37)45)44-24-13-23-43-46(44)39-19-9-11-22-42(39)50(43)32-15-4-3-5-16-32/h3-30H,1-2H3. The Kier molecular flexibility index (Phi) is 6.01. The van der Waals surface area contributed by atoms with Gasteiger partial charge in [-0.1, -0.05) is 129 Å². The van der Waals surface area contributed by atoms with E-state index in [1.807, 2.05) is 0 Å². The van der Waals surface area contributed by atoms with E-state index in [0.29, 0.717) is 0 Å². The van der Waals surface area contributed by atoms with E-state index in [-0.39, 0.29) is 5.41 Å². The highest BCUT2D eigenvalue weighted by Gasteiger charge is 2.36. The molecule has 0 unspecified atom stereocenters. The van der Waals surface area contributed by atoms with Gasteiger partial charge >= 0.3 is 0 Å². The summed E-state index contributed by atoms with van der Waals surface area (Å²) >= 11 is 0. The second-order valence-corrected chi connectivity index (χ2v) is 14.5. The van der Waals surface area contributed by atoms with Crippen molar-refractivity contribution in [3.8, 4) is 16.8 Å². The van der Waals surface area contributed by atoms with Crippen molar-refractivity contribution in [2.24, 2.45) is 0 Å². The maximum absolute atomic E-state index is 7.03. The molecule has 10 aromatic rings. The topological polar surface area (TPSA) is 21.3 Å². The number of aromatic nitrogens is 1. The number of anilines is 3. The van der Waals surface area contributed by atoms with Gasteiger partial charge in [-0.05, 0) is 82.2 Å². The Hall–Kier alpha value is -6.58. The molecule has 2 heterocycles. The number of para-hydroxylation sites is 3. The number of benzene rings is 8. The smallest absolute Gasteiger partial charge is 0.159 e. The molecule has 0 amide bonds. The summed E-state index contributed by atoms with van der Waals surface area (Å²) in [6.45, 7) is 4.70. The van der Waals surface area contributed by atoms with Crippen LogP contribution in [0.3, 0.4) is 0 Å². The third-order valence-electron chi connectivity index (χ3n) is 11.4. The quantitative estimate of drug-likeness (QED) is 0.186. The molecule has 1 aliphatic carbocycles. The van der Waals surface area contributed by atoms with E-state index in [1.54, 1.807) is 0 Å². The van der Waals surface area contributed by atoms with Gasteiger partial charge in [0.05, 0.1) is 22.4 Å². The zero-order valence-corrected chi connectivity index (χ0v) is 29.0. The van der Waals surface area contributed by atoms with E-state index >= 15 is 0 Å². The Morgan fingerprint density at radius 1 is 0.481 bits per heavy atom. The Bertz CT molecular complexity index is 3050. The minimum absolute atomic E-state index is 0.146. The third-order valence-corrected chi connectivity index (χ3v) is 11.4. The van der Waals surface area contributed by atoms with Crippen LogP contribution in [0.2, 0.25) is 0 Å². The van der Waals surface area contributed by atoms with Gasteiger partial charge in [0.25, 0.3) is 0 Å². The van der Waals surface area contributed by atoms with Gasteiger partial charge < -0.3 is 13.9 Å². The lowest BCUT2D eigenvalue weighted by Gasteiger charge is -2.29. The van der Waals surface area contributed by atoms with Crippen LogP contribution in [0, 0.1) is 0 Å². The first-order chi connectivity index (χ1) is 25.6. The van der Waals surface area contributed by atoms with E-state index in [0.717, 1.165) is 55.6 Å². The summed E-state index contributed by atoms with van der Waals surface area (Å²) in [7, 11) is 0. The van der Waals surface area contributed by atoms with Crippen molar-refractivity contribution < 1.29 is 4.42 Å². The molecule has 8 aromatic carbocycles. The van der Waals surface area contributed by atoms with Gasteiger partial charge in [0.2, 0.25) is 0 Å². The van der Waals surface area contributed by atoms with Gasteiger partial charge in [0, 0.05) is 43.7 Å². The molecule has 3 nitrogen and oxygen atoms in total. The molecule has 0 fully saturated rings. The molecule has 52 heavy (non-hydrogen) atoms. The summed E-state index contributed by atoms with van der Waals surface area (Å²) in [6.07, 6.45) is 0. The van der Waals surface area contributed by atoms with Crippen LogP contribution < -0.4 is 4.90 Å². The van der Waals surface area contributed by atoms with Gasteiger partial charge in [0.1, 0.15) is 5.58 Å². The summed E-state index contributed by atoms with van der Waals surface area (Å²) in [5, 5.41) is 6.93. The number of fused-ring (bicyclic) bond motifs is 11. The van der Waals surface area contributed by atoms with Gasteiger partial charge in [-0.2, -0.15) is 0 Å². The molecule has 0 spiro atoms. The number of hydrogen-bond acceptors (Lipinski definition) is 2. The SMILES string of the molecule is CC1(C)c2ccccc2-c2ccc(N(c3cccc4c3oc3c5ccccc5ccc43)c3cccc4c3c3ccccc3n4-c3ccccc3)cc21. The van der Waals surface area contributed by atoms with Gasteiger partial charge in [-0.15, -0.1) is 0 Å². The molecule has 2 aromatic heterocycles. The van der Waals surface area contributed by atoms with Crippen LogP contribution in [0.1, 0.15) is 25.0 Å². The Labute approximate surface area is 301 Å². The van der Waals surface area contributed by atoms with Crippen LogP contribution in [0.15, 0.2) is 174 Å². The summed E-state index contributed by atoms with van der Waals surface area (Å²) in [5.74, 6) is 0.